The largest absolute Gasteiger partial charge is 0.493 e. The van der Waals surface area contributed by atoms with Gasteiger partial charge in [-0.2, -0.15) is 0 Å². The van der Waals surface area contributed by atoms with Gasteiger partial charge in [0.1, 0.15) is 6.61 Å². The lowest BCUT2D eigenvalue weighted by Crippen LogP contribution is -2.12. The number of sulfonamides is 1. The Balaban J connectivity index is 2.19. The molecule has 0 fully saturated rings. The average Bonchev–Trinajstić information content (AvgIpc) is 2.81. The summed E-state index contributed by atoms with van der Waals surface area (Å²) in [6.45, 7) is 2.20. The topological polar surface area (TPSA) is 91.5 Å². The predicted molar refractivity (Wildman–Crippen MR) is 75.6 cm³/mol. The van der Waals surface area contributed by atoms with Gasteiger partial charge in [0.05, 0.1) is 22.7 Å². The zero-order valence-electron chi connectivity index (χ0n) is 11.0. The third-order valence-corrected chi connectivity index (χ3v) is 4.24. The number of hydrogen-bond acceptors (Lipinski definition) is 6. The van der Waals surface area contributed by atoms with E-state index in [1.807, 2.05) is 12.3 Å². The second-order valence-corrected chi connectivity index (χ2v) is 6.63. The van der Waals surface area contributed by atoms with Crippen molar-refractivity contribution in [3.8, 4) is 11.5 Å². The average molecular weight is 314 g/mol. The van der Waals surface area contributed by atoms with Crippen LogP contribution >= 0.6 is 11.3 Å². The summed E-state index contributed by atoms with van der Waals surface area (Å²) < 4.78 is 33.2. The van der Waals surface area contributed by atoms with Crippen LogP contribution in [0.25, 0.3) is 0 Å². The Morgan fingerprint density at radius 2 is 2.10 bits per heavy atom. The van der Waals surface area contributed by atoms with Crippen molar-refractivity contribution in [2.75, 3.05) is 7.11 Å². The number of ether oxygens (including phenoxy) is 2. The lowest BCUT2D eigenvalue weighted by molar-refractivity contribution is 0.280. The Hall–Kier alpha value is -1.64. The molecule has 0 aliphatic rings. The first-order chi connectivity index (χ1) is 9.40. The lowest BCUT2D eigenvalue weighted by Gasteiger charge is -2.10. The predicted octanol–water partition coefficient (Wildman–Crippen LogP) is 1.69. The Labute approximate surface area is 121 Å². The van der Waals surface area contributed by atoms with Crippen molar-refractivity contribution < 1.29 is 17.9 Å². The molecule has 2 N–H and O–H groups in total. The quantitative estimate of drug-likeness (QED) is 0.906. The van der Waals surface area contributed by atoms with Crippen LogP contribution < -0.4 is 14.6 Å². The fourth-order valence-electron chi connectivity index (χ4n) is 1.57. The standard InChI is InChI=1S/C12H14N2O4S2/c1-8-14-9(7-19-8)6-18-11-4-3-10(20(13,15)16)5-12(11)17-2/h3-5,7H,6H2,1-2H3,(H2,13,15,16). The zero-order chi connectivity index (χ0) is 14.8. The van der Waals surface area contributed by atoms with Crippen LogP contribution in [0.2, 0.25) is 0 Å². The molecule has 1 aromatic heterocycles. The monoisotopic (exact) mass is 314 g/mol. The minimum atomic E-state index is -3.76. The molecule has 108 valence electrons. The third-order valence-electron chi connectivity index (χ3n) is 2.51. The van der Waals surface area contributed by atoms with Gasteiger partial charge < -0.3 is 9.47 Å². The van der Waals surface area contributed by atoms with Gasteiger partial charge in [-0.25, -0.2) is 18.5 Å². The molecule has 0 atom stereocenters. The van der Waals surface area contributed by atoms with Gasteiger partial charge in [0.2, 0.25) is 10.0 Å². The van der Waals surface area contributed by atoms with Crippen LogP contribution in [0.15, 0.2) is 28.5 Å². The van der Waals surface area contributed by atoms with Crippen LogP contribution in [0.4, 0.5) is 0 Å². The first-order valence-corrected chi connectivity index (χ1v) is 8.07. The number of hydrogen-bond donors (Lipinski definition) is 1. The molecule has 1 heterocycles. The summed E-state index contributed by atoms with van der Waals surface area (Å²) in [5.41, 5.74) is 0.810. The fourth-order valence-corrected chi connectivity index (χ4v) is 2.70. The van der Waals surface area contributed by atoms with Crippen molar-refractivity contribution in [1.29, 1.82) is 0 Å². The van der Waals surface area contributed by atoms with Gasteiger partial charge in [0.15, 0.2) is 11.5 Å². The lowest BCUT2D eigenvalue weighted by atomic mass is 10.3. The Morgan fingerprint density at radius 3 is 2.65 bits per heavy atom. The fraction of sp³-hybridized carbons (Fsp3) is 0.250. The number of benzene rings is 1. The Bertz CT molecular complexity index is 710. The smallest absolute Gasteiger partial charge is 0.238 e. The molecular weight excluding hydrogens is 300 g/mol. The normalized spacial score (nSPS) is 11.3. The van der Waals surface area contributed by atoms with Gasteiger partial charge in [-0.3, -0.25) is 0 Å². The molecule has 0 saturated carbocycles. The molecule has 20 heavy (non-hydrogen) atoms. The van der Waals surface area contributed by atoms with Crippen molar-refractivity contribution >= 4 is 21.4 Å². The van der Waals surface area contributed by atoms with E-state index in [2.05, 4.69) is 4.98 Å². The molecule has 8 heteroatoms. The summed E-state index contributed by atoms with van der Waals surface area (Å²) >= 11 is 1.54. The summed E-state index contributed by atoms with van der Waals surface area (Å²) in [5, 5.41) is 7.93. The summed E-state index contributed by atoms with van der Waals surface area (Å²) in [5.74, 6) is 0.744. The van der Waals surface area contributed by atoms with Crippen LogP contribution in [0, 0.1) is 6.92 Å². The van der Waals surface area contributed by atoms with Gasteiger partial charge in [-0.15, -0.1) is 11.3 Å². The summed E-state index contributed by atoms with van der Waals surface area (Å²) in [6.07, 6.45) is 0. The van der Waals surface area contributed by atoms with Crippen LogP contribution in [0.5, 0.6) is 11.5 Å². The van der Waals surface area contributed by atoms with Crippen molar-refractivity contribution in [2.45, 2.75) is 18.4 Å². The second kappa shape index (κ2) is 5.78. The minimum Gasteiger partial charge on any atom is -0.493 e. The molecule has 0 aliphatic heterocycles. The molecule has 2 aromatic rings. The molecule has 0 aliphatic carbocycles. The second-order valence-electron chi connectivity index (χ2n) is 4.00. The third kappa shape index (κ3) is 3.47. The first-order valence-electron chi connectivity index (χ1n) is 5.65. The van der Waals surface area contributed by atoms with E-state index in [1.54, 1.807) is 0 Å². The van der Waals surface area contributed by atoms with Crippen molar-refractivity contribution in [2.24, 2.45) is 5.14 Å². The highest BCUT2D eigenvalue weighted by Crippen LogP contribution is 2.30. The number of primary sulfonamides is 1. The van der Waals surface area contributed by atoms with Gasteiger partial charge in [-0.05, 0) is 19.1 Å². The van der Waals surface area contributed by atoms with E-state index < -0.39 is 10.0 Å². The summed E-state index contributed by atoms with van der Waals surface area (Å²) in [6, 6.07) is 4.22. The van der Waals surface area contributed by atoms with E-state index in [0.29, 0.717) is 11.5 Å². The number of thiazole rings is 1. The SMILES string of the molecule is COc1cc(S(N)(=O)=O)ccc1OCc1csc(C)n1. The maximum absolute atomic E-state index is 11.3. The van der Waals surface area contributed by atoms with Gasteiger partial charge in [0, 0.05) is 11.4 Å². The van der Waals surface area contributed by atoms with Crippen molar-refractivity contribution in [3.63, 3.8) is 0 Å². The van der Waals surface area contributed by atoms with Gasteiger partial charge >= 0.3 is 0 Å². The molecule has 6 nitrogen and oxygen atoms in total. The number of aromatic nitrogens is 1. The number of rotatable bonds is 5. The summed E-state index contributed by atoms with van der Waals surface area (Å²) in [4.78, 5) is 4.25. The van der Waals surface area contributed by atoms with Crippen LogP contribution in [0.3, 0.4) is 0 Å². The highest BCUT2D eigenvalue weighted by atomic mass is 32.2. The highest BCUT2D eigenvalue weighted by molar-refractivity contribution is 7.89. The highest BCUT2D eigenvalue weighted by Gasteiger charge is 2.13. The molecule has 0 saturated heterocycles. The van der Waals surface area contributed by atoms with Crippen LogP contribution in [0.1, 0.15) is 10.7 Å². The Kier molecular flexibility index (Phi) is 4.26. The zero-order valence-corrected chi connectivity index (χ0v) is 12.6. The Morgan fingerprint density at radius 1 is 1.35 bits per heavy atom. The molecular formula is C12H14N2O4S2. The number of nitrogens with zero attached hydrogens (tertiary/aromatic N) is 1. The van der Waals surface area contributed by atoms with E-state index in [4.69, 9.17) is 14.6 Å². The van der Waals surface area contributed by atoms with Gasteiger partial charge in [-0.1, -0.05) is 0 Å². The van der Waals surface area contributed by atoms with E-state index >= 15 is 0 Å². The first kappa shape index (κ1) is 14.8. The molecule has 0 radical (unpaired) electrons. The van der Waals surface area contributed by atoms with Gasteiger partial charge in [0.25, 0.3) is 0 Å². The molecule has 0 bridgehead atoms. The maximum Gasteiger partial charge on any atom is 0.238 e. The molecule has 0 spiro atoms. The van der Waals surface area contributed by atoms with Crippen LogP contribution in [-0.4, -0.2) is 20.5 Å². The van der Waals surface area contributed by atoms with Crippen molar-refractivity contribution in [1.82, 2.24) is 4.98 Å². The maximum atomic E-state index is 11.3. The van der Waals surface area contributed by atoms with E-state index in [1.165, 1.54) is 36.6 Å². The van der Waals surface area contributed by atoms with Crippen molar-refractivity contribution in [3.05, 3.63) is 34.3 Å². The number of nitrogens with two attached hydrogens (primary N) is 1. The van der Waals surface area contributed by atoms with Crippen LogP contribution in [-0.2, 0) is 16.6 Å². The molecule has 1 aromatic carbocycles. The minimum absolute atomic E-state index is 0.0220. The van der Waals surface area contributed by atoms with E-state index in [0.717, 1.165) is 10.7 Å². The van der Waals surface area contributed by atoms with E-state index in [-0.39, 0.29) is 11.5 Å². The summed E-state index contributed by atoms with van der Waals surface area (Å²) in [7, 11) is -2.33. The number of methoxy groups -OCH3 is 1. The van der Waals surface area contributed by atoms with E-state index in [9.17, 15) is 8.42 Å². The molecule has 2 rings (SSSR count). The number of aryl methyl sites for hydroxylation is 1. The molecule has 0 amide bonds. The molecule has 0 unspecified atom stereocenters.